The second-order valence-corrected chi connectivity index (χ2v) is 6.15. The fourth-order valence-electron chi connectivity index (χ4n) is 2.32. The van der Waals surface area contributed by atoms with Gasteiger partial charge in [-0.1, -0.05) is 51.3 Å². The van der Waals surface area contributed by atoms with Crippen LogP contribution in [0.15, 0.2) is 23.8 Å². The zero-order valence-corrected chi connectivity index (χ0v) is 16.4. The van der Waals surface area contributed by atoms with Crippen LogP contribution in [0, 0.1) is 0 Å². The maximum atomic E-state index is 5.69. The van der Waals surface area contributed by atoms with Crippen LogP contribution in [-0.2, 0) is 14.2 Å². The molecule has 3 nitrogen and oxygen atoms in total. The molecule has 0 unspecified atom stereocenters. The van der Waals surface area contributed by atoms with Crippen LogP contribution in [0.5, 0.6) is 0 Å². The highest BCUT2D eigenvalue weighted by Crippen LogP contribution is 2.06. The number of ether oxygens (including phenoxy) is 3. The molecule has 0 spiro atoms. The lowest BCUT2D eigenvalue weighted by Crippen LogP contribution is -2.07. The van der Waals surface area contributed by atoms with Crippen LogP contribution in [0.1, 0.15) is 72.1 Å². The van der Waals surface area contributed by atoms with Gasteiger partial charge in [0.1, 0.15) is 0 Å². The van der Waals surface area contributed by atoms with Gasteiger partial charge in [0.2, 0.25) is 0 Å². The van der Waals surface area contributed by atoms with E-state index in [1.54, 1.807) is 0 Å². The summed E-state index contributed by atoms with van der Waals surface area (Å²) in [5, 5.41) is 0. The summed E-state index contributed by atoms with van der Waals surface area (Å²) in [6.07, 6.45) is 15.7. The first-order valence-corrected chi connectivity index (χ1v) is 9.89. The minimum atomic E-state index is 0.678. The molecule has 0 aliphatic carbocycles. The number of hydrogen-bond donors (Lipinski definition) is 0. The molecule has 0 aromatic carbocycles. The molecule has 0 aliphatic heterocycles. The normalized spacial score (nSPS) is 12.4. The molecule has 0 N–H and O–H groups in total. The van der Waals surface area contributed by atoms with E-state index in [0.29, 0.717) is 13.2 Å². The SMILES string of the molecule is C/C=C\C=C(/CCC)COCCOCCCCCOCCCCC. The summed E-state index contributed by atoms with van der Waals surface area (Å²) in [5.41, 5.74) is 1.36. The minimum absolute atomic E-state index is 0.678. The molecule has 0 atom stereocenters. The van der Waals surface area contributed by atoms with Crippen molar-refractivity contribution < 1.29 is 14.2 Å². The van der Waals surface area contributed by atoms with Gasteiger partial charge in [0, 0.05) is 19.8 Å². The Bertz CT molecular complexity index is 297. The van der Waals surface area contributed by atoms with E-state index in [1.165, 1.54) is 31.3 Å². The molecule has 0 aromatic heterocycles. The zero-order chi connectivity index (χ0) is 17.7. The first-order chi connectivity index (χ1) is 11.8. The molecule has 0 amide bonds. The van der Waals surface area contributed by atoms with Crippen molar-refractivity contribution in [1.82, 2.24) is 0 Å². The Balaban J connectivity index is 3.30. The maximum absolute atomic E-state index is 5.69. The van der Waals surface area contributed by atoms with Crippen LogP contribution >= 0.6 is 0 Å². The summed E-state index contributed by atoms with van der Waals surface area (Å²) in [5.74, 6) is 0. The molecule has 142 valence electrons. The first-order valence-electron chi connectivity index (χ1n) is 9.89. The Morgan fingerprint density at radius 1 is 0.708 bits per heavy atom. The Morgan fingerprint density at radius 3 is 1.96 bits per heavy atom. The standard InChI is InChI=1S/C21H40O3/c1-4-7-10-15-22-16-11-9-12-17-23-18-19-24-20-21(13-6-3)14-8-5-2/h5,8,14H,4,6-7,9-13,15-20H2,1-3H3/b8-5-,21-14+. The summed E-state index contributed by atoms with van der Waals surface area (Å²) >= 11 is 0. The third-order valence-corrected chi connectivity index (χ3v) is 3.72. The fraction of sp³-hybridized carbons (Fsp3) is 0.810. The van der Waals surface area contributed by atoms with E-state index in [2.05, 4.69) is 32.1 Å². The molecule has 0 saturated heterocycles. The van der Waals surface area contributed by atoms with Crippen molar-refractivity contribution in [3.63, 3.8) is 0 Å². The molecule has 0 rings (SSSR count). The van der Waals surface area contributed by atoms with E-state index < -0.39 is 0 Å². The number of hydrogen-bond acceptors (Lipinski definition) is 3. The summed E-state index contributed by atoms with van der Waals surface area (Å²) in [6, 6.07) is 0. The van der Waals surface area contributed by atoms with Gasteiger partial charge in [0.15, 0.2) is 0 Å². The second-order valence-electron chi connectivity index (χ2n) is 6.15. The molecule has 0 bridgehead atoms. The molecule has 0 heterocycles. The van der Waals surface area contributed by atoms with Crippen LogP contribution in [0.3, 0.4) is 0 Å². The van der Waals surface area contributed by atoms with E-state index in [4.69, 9.17) is 14.2 Å². The van der Waals surface area contributed by atoms with Gasteiger partial charge in [-0.3, -0.25) is 0 Å². The lowest BCUT2D eigenvalue weighted by molar-refractivity contribution is 0.0528. The number of unbranched alkanes of at least 4 members (excludes halogenated alkanes) is 4. The second kappa shape index (κ2) is 20.4. The van der Waals surface area contributed by atoms with Gasteiger partial charge in [-0.15, -0.1) is 0 Å². The van der Waals surface area contributed by atoms with E-state index in [1.807, 2.05) is 6.92 Å². The van der Waals surface area contributed by atoms with Crippen LogP contribution in [-0.4, -0.2) is 39.6 Å². The van der Waals surface area contributed by atoms with Crippen molar-refractivity contribution in [3.8, 4) is 0 Å². The fourth-order valence-corrected chi connectivity index (χ4v) is 2.32. The van der Waals surface area contributed by atoms with Gasteiger partial charge in [-0.2, -0.15) is 0 Å². The minimum Gasteiger partial charge on any atom is -0.381 e. The maximum Gasteiger partial charge on any atom is 0.0704 e. The smallest absolute Gasteiger partial charge is 0.0704 e. The molecular formula is C21H40O3. The molecule has 0 fully saturated rings. The average Bonchev–Trinajstić information content (AvgIpc) is 2.59. The van der Waals surface area contributed by atoms with Crippen molar-refractivity contribution in [2.45, 2.75) is 72.1 Å². The summed E-state index contributed by atoms with van der Waals surface area (Å²) in [6.45, 7) is 11.2. The van der Waals surface area contributed by atoms with Gasteiger partial charge in [0.25, 0.3) is 0 Å². The van der Waals surface area contributed by atoms with Crippen molar-refractivity contribution in [3.05, 3.63) is 23.8 Å². The van der Waals surface area contributed by atoms with Crippen LogP contribution < -0.4 is 0 Å². The van der Waals surface area contributed by atoms with Gasteiger partial charge in [-0.25, -0.2) is 0 Å². The van der Waals surface area contributed by atoms with E-state index in [0.717, 1.165) is 52.1 Å². The predicted octanol–water partition coefficient (Wildman–Crippen LogP) is 5.70. The van der Waals surface area contributed by atoms with Gasteiger partial charge < -0.3 is 14.2 Å². The Morgan fingerprint density at radius 2 is 1.33 bits per heavy atom. The molecule has 0 aromatic rings. The Hall–Kier alpha value is -0.640. The molecule has 0 aliphatic rings. The Kier molecular flexibility index (Phi) is 19.9. The van der Waals surface area contributed by atoms with Crippen molar-refractivity contribution in [1.29, 1.82) is 0 Å². The van der Waals surface area contributed by atoms with Crippen LogP contribution in [0.2, 0.25) is 0 Å². The number of allylic oxidation sites excluding steroid dienone is 3. The lowest BCUT2D eigenvalue weighted by atomic mass is 10.1. The summed E-state index contributed by atoms with van der Waals surface area (Å²) in [7, 11) is 0. The largest absolute Gasteiger partial charge is 0.381 e. The van der Waals surface area contributed by atoms with Gasteiger partial charge in [-0.05, 0) is 44.6 Å². The third-order valence-electron chi connectivity index (χ3n) is 3.72. The van der Waals surface area contributed by atoms with Crippen molar-refractivity contribution in [2.24, 2.45) is 0 Å². The van der Waals surface area contributed by atoms with Gasteiger partial charge in [0.05, 0.1) is 19.8 Å². The molecule has 0 saturated carbocycles. The summed E-state index contributed by atoms with van der Waals surface area (Å²) in [4.78, 5) is 0. The molecule has 24 heavy (non-hydrogen) atoms. The van der Waals surface area contributed by atoms with E-state index >= 15 is 0 Å². The molecule has 3 heteroatoms. The zero-order valence-electron chi connectivity index (χ0n) is 16.4. The Labute approximate surface area is 150 Å². The van der Waals surface area contributed by atoms with Crippen LogP contribution in [0.4, 0.5) is 0 Å². The highest BCUT2D eigenvalue weighted by atomic mass is 16.5. The summed E-state index contributed by atoms with van der Waals surface area (Å²) < 4.78 is 16.9. The van der Waals surface area contributed by atoms with E-state index in [9.17, 15) is 0 Å². The predicted molar refractivity (Wildman–Crippen MR) is 104 cm³/mol. The van der Waals surface area contributed by atoms with Crippen molar-refractivity contribution >= 4 is 0 Å². The lowest BCUT2D eigenvalue weighted by Gasteiger charge is -2.08. The highest BCUT2D eigenvalue weighted by Gasteiger charge is 1.97. The molecule has 0 radical (unpaired) electrons. The average molecular weight is 341 g/mol. The topological polar surface area (TPSA) is 27.7 Å². The first kappa shape index (κ1) is 23.4. The number of rotatable bonds is 18. The molecular weight excluding hydrogens is 300 g/mol. The third kappa shape index (κ3) is 17.7. The quantitative estimate of drug-likeness (QED) is 0.237. The van der Waals surface area contributed by atoms with Crippen LogP contribution in [0.25, 0.3) is 0 Å². The van der Waals surface area contributed by atoms with Gasteiger partial charge >= 0.3 is 0 Å². The highest BCUT2D eigenvalue weighted by molar-refractivity contribution is 5.12. The monoisotopic (exact) mass is 340 g/mol. The van der Waals surface area contributed by atoms with Crippen molar-refractivity contribution in [2.75, 3.05) is 39.6 Å². The van der Waals surface area contributed by atoms with E-state index in [-0.39, 0.29) is 0 Å².